The fourth-order valence-corrected chi connectivity index (χ4v) is 2.28. The number of amides is 1. The second-order valence-corrected chi connectivity index (χ2v) is 4.85. The fourth-order valence-electron chi connectivity index (χ4n) is 2.09. The van der Waals surface area contributed by atoms with Crippen molar-refractivity contribution in [2.75, 3.05) is 7.05 Å². The average Bonchev–Trinajstić information content (AvgIpc) is 2.66. The second-order valence-electron chi connectivity index (χ2n) is 4.46. The largest absolute Gasteiger partial charge is 0.328 e. The molecule has 0 radical (unpaired) electrons. The van der Waals surface area contributed by atoms with Crippen molar-refractivity contribution in [3.63, 3.8) is 0 Å². The summed E-state index contributed by atoms with van der Waals surface area (Å²) < 4.78 is 0. The molecule has 3 rings (SSSR count). The van der Waals surface area contributed by atoms with Gasteiger partial charge in [0.1, 0.15) is 5.70 Å². The molecule has 1 aliphatic rings. The van der Waals surface area contributed by atoms with E-state index in [0.29, 0.717) is 10.8 Å². The lowest BCUT2D eigenvalue weighted by Crippen LogP contribution is -2.25. The summed E-state index contributed by atoms with van der Waals surface area (Å²) in [5.41, 5.74) is 1.50. The first-order valence-corrected chi connectivity index (χ1v) is 6.35. The summed E-state index contributed by atoms with van der Waals surface area (Å²) in [6.07, 6.45) is 1.82. The van der Waals surface area contributed by atoms with E-state index in [-0.39, 0.29) is 5.91 Å². The molecule has 1 aliphatic heterocycles. The number of carbonyl (C=O) groups is 1. The lowest BCUT2D eigenvalue weighted by atomic mass is 10.1. The molecular weight excluding hydrogens is 256 g/mol. The number of nitrogens with one attached hydrogen (secondary N) is 1. The summed E-state index contributed by atoms with van der Waals surface area (Å²) in [6, 6.07) is 14.2. The van der Waals surface area contributed by atoms with Crippen LogP contribution in [0, 0.1) is 0 Å². The van der Waals surface area contributed by atoms with Gasteiger partial charge in [-0.2, -0.15) is 0 Å². The van der Waals surface area contributed by atoms with Crippen molar-refractivity contribution < 1.29 is 4.79 Å². The van der Waals surface area contributed by atoms with Crippen LogP contribution in [0.5, 0.6) is 0 Å². The van der Waals surface area contributed by atoms with Gasteiger partial charge in [0.25, 0.3) is 5.91 Å². The average molecular weight is 268 g/mol. The third-order valence-corrected chi connectivity index (χ3v) is 3.54. The van der Waals surface area contributed by atoms with E-state index in [9.17, 15) is 4.79 Å². The van der Waals surface area contributed by atoms with Gasteiger partial charge in [0.05, 0.1) is 0 Å². The quantitative estimate of drug-likeness (QED) is 0.637. The first-order chi connectivity index (χ1) is 9.15. The van der Waals surface area contributed by atoms with Gasteiger partial charge in [0, 0.05) is 7.05 Å². The van der Waals surface area contributed by atoms with Crippen LogP contribution in [-0.4, -0.2) is 23.0 Å². The summed E-state index contributed by atoms with van der Waals surface area (Å²) in [5, 5.41) is 5.70. The molecule has 0 unspecified atom stereocenters. The van der Waals surface area contributed by atoms with Gasteiger partial charge in [0.2, 0.25) is 0 Å². The Morgan fingerprint density at radius 1 is 1.16 bits per heavy atom. The van der Waals surface area contributed by atoms with Crippen molar-refractivity contribution in [1.29, 1.82) is 0 Å². The normalized spacial score (nSPS) is 17.3. The van der Waals surface area contributed by atoms with Crippen molar-refractivity contribution >= 4 is 40.1 Å². The molecule has 0 spiro atoms. The van der Waals surface area contributed by atoms with Crippen LogP contribution in [0.4, 0.5) is 0 Å². The molecule has 2 aromatic rings. The molecule has 0 aliphatic carbocycles. The van der Waals surface area contributed by atoms with Gasteiger partial charge >= 0.3 is 0 Å². The van der Waals surface area contributed by atoms with Crippen molar-refractivity contribution in [2.24, 2.45) is 0 Å². The monoisotopic (exact) mass is 268 g/mol. The van der Waals surface area contributed by atoms with E-state index in [1.54, 1.807) is 7.05 Å². The van der Waals surface area contributed by atoms with Crippen molar-refractivity contribution in [1.82, 2.24) is 10.2 Å². The zero-order chi connectivity index (χ0) is 13.4. The Labute approximate surface area is 116 Å². The Bertz CT molecular complexity index is 721. The number of nitrogens with zero attached hydrogens (tertiary/aromatic N) is 1. The number of hydrogen-bond donors (Lipinski definition) is 1. The van der Waals surface area contributed by atoms with Crippen LogP contribution >= 0.6 is 12.2 Å². The summed E-state index contributed by atoms with van der Waals surface area (Å²) in [6.45, 7) is 0. The molecule has 4 heteroatoms. The van der Waals surface area contributed by atoms with Gasteiger partial charge in [-0.1, -0.05) is 36.4 Å². The zero-order valence-corrected chi connectivity index (χ0v) is 11.2. The minimum atomic E-state index is -0.0989. The summed E-state index contributed by atoms with van der Waals surface area (Å²) in [7, 11) is 1.67. The van der Waals surface area contributed by atoms with E-state index in [4.69, 9.17) is 12.2 Å². The molecule has 19 heavy (non-hydrogen) atoms. The SMILES string of the molecule is CN1C(=O)/C(=C/c2ccc3ccccc3c2)NC1=S. The predicted octanol–water partition coefficient (Wildman–Crippen LogP) is 2.53. The molecule has 0 atom stereocenters. The maximum Gasteiger partial charge on any atom is 0.276 e. The van der Waals surface area contributed by atoms with Gasteiger partial charge in [0.15, 0.2) is 5.11 Å². The van der Waals surface area contributed by atoms with Gasteiger partial charge in [-0.25, -0.2) is 0 Å². The third-order valence-electron chi connectivity index (χ3n) is 3.17. The molecule has 2 aromatic carbocycles. The Morgan fingerprint density at radius 3 is 2.58 bits per heavy atom. The van der Waals surface area contributed by atoms with Crippen LogP contribution in [0.25, 0.3) is 16.8 Å². The van der Waals surface area contributed by atoms with Crippen molar-refractivity contribution in [3.8, 4) is 0 Å². The molecule has 3 nitrogen and oxygen atoms in total. The van der Waals surface area contributed by atoms with Crippen LogP contribution in [-0.2, 0) is 4.79 Å². The van der Waals surface area contributed by atoms with E-state index >= 15 is 0 Å². The first-order valence-electron chi connectivity index (χ1n) is 5.95. The fraction of sp³-hybridized carbons (Fsp3) is 0.0667. The standard InChI is InChI=1S/C15H12N2OS/c1-17-14(18)13(16-15(17)19)9-10-6-7-11-4-2-3-5-12(11)8-10/h2-9H,1H3,(H,16,19)/b13-9-. The Balaban J connectivity index is 2.02. The molecule has 1 heterocycles. The molecular formula is C15H12N2OS. The van der Waals surface area contributed by atoms with E-state index in [2.05, 4.69) is 23.5 Å². The minimum Gasteiger partial charge on any atom is -0.328 e. The van der Waals surface area contributed by atoms with E-state index < -0.39 is 0 Å². The third kappa shape index (κ3) is 2.11. The lowest BCUT2D eigenvalue weighted by molar-refractivity contribution is -0.121. The molecule has 0 saturated carbocycles. The van der Waals surface area contributed by atoms with Gasteiger partial charge in [-0.3, -0.25) is 9.69 Å². The molecule has 1 N–H and O–H groups in total. The number of rotatable bonds is 1. The highest BCUT2D eigenvalue weighted by Crippen LogP contribution is 2.18. The van der Waals surface area contributed by atoms with Crippen LogP contribution in [0.15, 0.2) is 48.2 Å². The van der Waals surface area contributed by atoms with Crippen LogP contribution in [0.2, 0.25) is 0 Å². The smallest absolute Gasteiger partial charge is 0.276 e. The maximum absolute atomic E-state index is 11.9. The molecule has 0 aromatic heterocycles. The highest BCUT2D eigenvalue weighted by atomic mass is 32.1. The topological polar surface area (TPSA) is 32.3 Å². The van der Waals surface area contributed by atoms with E-state index in [1.807, 2.05) is 30.3 Å². The molecule has 1 fully saturated rings. The van der Waals surface area contributed by atoms with E-state index in [0.717, 1.165) is 10.9 Å². The Kier molecular flexibility index (Phi) is 2.80. The number of carbonyl (C=O) groups excluding carboxylic acids is 1. The number of hydrogen-bond acceptors (Lipinski definition) is 2. The summed E-state index contributed by atoms with van der Waals surface area (Å²) >= 11 is 5.04. The molecule has 0 bridgehead atoms. The highest BCUT2D eigenvalue weighted by Gasteiger charge is 2.26. The zero-order valence-electron chi connectivity index (χ0n) is 10.4. The number of likely N-dealkylation sites (N-methyl/N-ethyl adjacent to an activating group) is 1. The van der Waals surface area contributed by atoms with Gasteiger partial charge < -0.3 is 5.32 Å². The van der Waals surface area contributed by atoms with Gasteiger partial charge in [-0.05, 0) is 40.7 Å². The minimum absolute atomic E-state index is 0.0989. The van der Waals surface area contributed by atoms with Crippen LogP contribution in [0.1, 0.15) is 5.56 Å². The van der Waals surface area contributed by atoms with Gasteiger partial charge in [-0.15, -0.1) is 0 Å². The number of thiocarbonyl (C=S) groups is 1. The van der Waals surface area contributed by atoms with Crippen LogP contribution < -0.4 is 5.32 Å². The van der Waals surface area contributed by atoms with E-state index in [1.165, 1.54) is 10.3 Å². The Hall–Kier alpha value is -2.20. The molecule has 1 amide bonds. The predicted molar refractivity (Wildman–Crippen MR) is 80.4 cm³/mol. The second kappa shape index (κ2) is 4.48. The summed E-state index contributed by atoms with van der Waals surface area (Å²) in [5.74, 6) is -0.0989. The van der Waals surface area contributed by atoms with Crippen LogP contribution in [0.3, 0.4) is 0 Å². The van der Waals surface area contributed by atoms with Crippen molar-refractivity contribution in [2.45, 2.75) is 0 Å². The molecule has 1 saturated heterocycles. The number of fused-ring (bicyclic) bond motifs is 1. The first kappa shape index (κ1) is 11.9. The lowest BCUT2D eigenvalue weighted by Gasteiger charge is -2.02. The van der Waals surface area contributed by atoms with Crippen molar-refractivity contribution in [3.05, 3.63) is 53.7 Å². The highest BCUT2D eigenvalue weighted by molar-refractivity contribution is 7.80. The number of benzene rings is 2. The Morgan fingerprint density at radius 2 is 1.89 bits per heavy atom. The molecule has 94 valence electrons. The summed E-state index contributed by atoms with van der Waals surface area (Å²) in [4.78, 5) is 13.3. The maximum atomic E-state index is 11.9.